The monoisotopic (exact) mass is 448 g/mol. The Hall–Kier alpha value is -2.41. The molecular weight excluding hydrogens is 424 g/mol. The first-order chi connectivity index (χ1) is 12.7. The SMILES string of the molecule is CC(C)(C)c1cc(N=Cc2cc(Br)cc([N+](=O)[O-])c2O)cc(C(C)(C)C)c1O. The summed E-state index contributed by atoms with van der Waals surface area (Å²) in [5, 5.41) is 32.1. The maximum Gasteiger partial charge on any atom is 0.312 e. The molecule has 28 heavy (non-hydrogen) atoms. The Bertz CT molecular complexity index is 919. The molecule has 0 aliphatic heterocycles. The van der Waals surface area contributed by atoms with Crippen LogP contribution >= 0.6 is 15.9 Å². The molecule has 0 aromatic heterocycles. The van der Waals surface area contributed by atoms with Gasteiger partial charge in [0.15, 0.2) is 0 Å². The minimum absolute atomic E-state index is 0.226. The van der Waals surface area contributed by atoms with Crippen molar-refractivity contribution in [3.63, 3.8) is 0 Å². The summed E-state index contributed by atoms with van der Waals surface area (Å²) >= 11 is 3.22. The summed E-state index contributed by atoms with van der Waals surface area (Å²) in [6, 6.07) is 6.39. The number of hydrogen-bond donors (Lipinski definition) is 2. The first-order valence-electron chi connectivity index (χ1n) is 8.80. The molecule has 2 aromatic rings. The molecule has 0 heterocycles. The maximum atomic E-state index is 11.1. The van der Waals surface area contributed by atoms with Gasteiger partial charge in [-0.05, 0) is 29.0 Å². The van der Waals surface area contributed by atoms with Gasteiger partial charge in [-0.2, -0.15) is 0 Å². The summed E-state index contributed by atoms with van der Waals surface area (Å²) in [7, 11) is 0. The highest BCUT2D eigenvalue weighted by Gasteiger charge is 2.26. The predicted molar refractivity (Wildman–Crippen MR) is 115 cm³/mol. The molecule has 0 bridgehead atoms. The molecular formula is C21H25BrN2O4. The number of hydrogen-bond acceptors (Lipinski definition) is 5. The molecule has 0 unspecified atom stereocenters. The van der Waals surface area contributed by atoms with Gasteiger partial charge in [-0.25, -0.2) is 0 Å². The van der Waals surface area contributed by atoms with Crippen LogP contribution in [0.3, 0.4) is 0 Å². The van der Waals surface area contributed by atoms with Gasteiger partial charge in [-0.3, -0.25) is 15.1 Å². The number of aromatic hydroxyl groups is 2. The highest BCUT2D eigenvalue weighted by atomic mass is 79.9. The van der Waals surface area contributed by atoms with E-state index in [1.807, 2.05) is 41.5 Å². The fraction of sp³-hybridized carbons (Fsp3) is 0.381. The van der Waals surface area contributed by atoms with Crippen molar-refractivity contribution in [2.75, 3.05) is 0 Å². The molecule has 0 saturated heterocycles. The van der Waals surface area contributed by atoms with Gasteiger partial charge in [0.25, 0.3) is 0 Å². The van der Waals surface area contributed by atoms with E-state index in [0.717, 1.165) is 11.1 Å². The molecule has 0 aliphatic carbocycles. The number of phenolic OH excluding ortho intramolecular Hbond substituents is 2. The van der Waals surface area contributed by atoms with Crippen LogP contribution in [0.15, 0.2) is 33.7 Å². The van der Waals surface area contributed by atoms with E-state index in [9.17, 15) is 20.3 Å². The molecule has 7 heteroatoms. The van der Waals surface area contributed by atoms with Crippen molar-refractivity contribution in [3.05, 3.63) is 55.5 Å². The number of nitrogens with zero attached hydrogens (tertiary/aromatic N) is 2. The Kier molecular flexibility index (Phi) is 5.90. The van der Waals surface area contributed by atoms with Crippen molar-refractivity contribution in [1.82, 2.24) is 0 Å². The Morgan fingerprint density at radius 2 is 1.46 bits per heavy atom. The minimum atomic E-state index is -0.645. The lowest BCUT2D eigenvalue weighted by Gasteiger charge is -2.27. The third-order valence-corrected chi connectivity index (χ3v) is 4.80. The zero-order valence-electron chi connectivity index (χ0n) is 16.9. The quantitative estimate of drug-likeness (QED) is 0.336. The number of nitro groups is 1. The number of halogens is 1. The molecule has 150 valence electrons. The zero-order chi connectivity index (χ0) is 21.4. The summed E-state index contributed by atoms with van der Waals surface area (Å²) in [6.45, 7) is 12.0. The van der Waals surface area contributed by atoms with Crippen molar-refractivity contribution in [3.8, 4) is 11.5 Å². The van der Waals surface area contributed by atoms with E-state index in [1.165, 1.54) is 12.3 Å². The van der Waals surface area contributed by atoms with Gasteiger partial charge in [-0.1, -0.05) is 57.5 Å². The van der Waals surface area contributed by atoms with Crippen LogP contribution in [0, 0.1) is 10.1 Å². The van der Waals surface area contributed by atoms with Crippen LogP contribution in [0.1, 0.15) is 58.2 Å². The van der Waals surface area contributed by atoms with Crippen molar-refractivity contribution in [1.29, 1.82) is 0 Å². The lowest BCUT2D eigenvalue weighted by Crippen LogP contribution is -2.16. The van der Waals surface area contributed by atoms with E-state index in [-0.39, 0.29) is 22.1 Å². The molecule has 2 rings (SSSR count). The minimum Gasteiger partial charge on any atom is -0.507 e. The topological polar surface area (TPSA) is 96.0 Å². The van der Waals surface area contributed by atoms with Gasteiger partial charge in [0.2, 0.25) is 5.75 Å². The average Bonchev–Trinajstić information content (AvgIpc) is 2.53. The van der Waals surface area contributed by atoms with Gasteiger partial charge < -0.3 is 10.2 Å². The Balaban J connectivity index is 2.63. The van der Waals surface area contributed by atoms with Gasteiger partial charge >= 0.3 is 5.69 Å². The first-order valence-corrected chi connectivity index (χ1v) is 9.60. The number of phenols is 2. The number of aliphatic imine (C=N–C) groups is 1. The number of rotatable bonds is 3. The molecule has 0 radical (unpaired) electrons. The fourth-order valence-corrected chi connectivity index (χ4v) is 3.29. The van der Waals surface area contributed by atoms with E-state index in [0.29, 0.717) is 10.2 Å². The van der Waals surface area contributed by atoms with E-state index in [1.54, 1.807) is 18.2 Å². The smallest absolute Gasteiger partial charge is 0.312 e. The first kappa shape index (κ1) is 21.9. The molecule has 0 fully saturated rings. The van der Waals surface area contributed by atoms with E-state index in [2.05, 4.69) is 20.9 Å². The van der Waals surface area contributed by atoms with E-state index >= 15 is 0 Å². The standard InChI is InChI=1S/C21H25BrN2O4/c1-20(2,3)15-9-14(10-16(19(15)26)21(4,5)6)23-11-12-7-13(22)8-17(18(12)25)24(27)28/h7-11,25-26H,1-6H3. The lowest BCUT2D eigenvalue weighted by molar-refractivity contribution is -0.385. The van der Waals surface area contributed by atoms with Crippen molar-refractivity contribution in [2.24, 2.45) is 4.99 Å². The molecule has 0 atom stereocenters. The second-order valence-electron chi connectivity index (χ2n) is 8.77. The third-order valence-electron chi connectivity index (χ3n) is 4.34. The molecule has 2 N–H and O–H groups in total. The molecule has 2 aromatic carbocycles. The maximum absolute atomic E-state index is 11.1. The summed E-state index contributed by atoms with van der Waals surface area (Å²) in [5.74, 6) is -0.192. The summed E-state index contributed by atoms with van der Waals surface area (Å²) in [5.41, 5.74) is 1.34. The van der Waals surface area contributed by atoms with Crippen LogP contribution < -0.4 is 0 Å². The Labute approximate surface area is 173 Å². The lowest BCUT2D eigenvalue weighted by atomic mass is 9.79. The van der Waals surface area contributed by atoms with Crippen LogP contribution in [-0.2, 0) is 10.8 Å². The molecule has 0 aliphatic rings. The molecule has 0 spiro atoms. The summed E-state index contributed by atoms with van der Waals surface area (Å²) in [6.07, 6.45) is 1.39. The molecule has 6 nitrogen and oxygen atoms in total. The van der Waals surface area contributed by atoms with Gasteiger partial charge in [-0.15, -0.1) is 0 Å². The van der Waals surface area contributed by atoms with Crippen molar-refractivity contribution < 1.29 is 15.1 Å². The summed E-state index contributed by atoms with van der Waals surface area (Å²) in [4.78, 5) is 14.9. The van der Waals surface area contributed by atoms with Crippen LogP contribution in [0.4, 0.5) is 11.4 Å². The van der Waals surface area contributed by atoms with Crippen LogP contribution in [0.5, 0.6) is 11.5 Å². The van der Waals surface area contributed by atoms with Crippen LogP contribution in [0.2, 0.25) is 0 Å². The highest BCUT2D eigenvalue weighted by Crippen LogP contribution is 2.42. The number of benzene rings is 2. The number of nitro benzene ring substituents is 1. The van der Waals surface area contributed by atoms with Gasteiger partial charge in [0.1, 0.15) is 5.75 Å². The summed E-state index contributed by atoms with van der Waals surface area (Å²) < 4.78 is 0.468. The highest BCUT2D eigenvalue weighted by molar-refractivity contribution is 9.10. The zero-order valence-corrected chi connectivity index (χ0v) is 18.5. The predicted octanol–water partition coefficient (Wildman–Crippen LogP) is 6.11. The normalized spacial score (nSPS) is 12.5. The van der Waals surface area contributed by atoms with Crippen molar-refractivity contribution in [2.45, 2.75) is 52.4 Å². The second-order valence-corrected chi connectivity index (χ2v) is 9.68. The Morgan fingerprint density at radius 1 is 0.964 bits per heavy atom. The second kappa shape index (κ2) is 7.54. The van der Waals surface area contributed by atoms with E-state index < -0.39 is 16.4 Å². The van der Waals surface area contributed by atoms with Crippen molar-refractivity contribution >= 4 is 33.5 Å². The fourth-order valence-electron chi connectivity index (χ4n) is 2.82. The van der Waals surface area contributed by atoms with Crippen LogP contribution in [-0.4, -0.2) is 21.4 Å². The molecule has 0 saturated carbocycles. The van der Waals surface area contributed by atoms with Gasteiger partial charge in [0, 0.05) is 33.4 Å². The third kappa shape index (κ3) is 4.70. The van der Waals surface area contributed by atoms with Gasteiger partial charge in [0.05, 0.1) is 10.6 Å². The van der Waals surface area contributed by atoms with E-state index in [4.69, 9.17) is 0 Å². The Morgan fingerprint density at radius 3 is 1.89 bits per heavy atom. The van der Waals surface area contributed by atoms with Crippen LogP contribution in [0.25, 0.3) is 0 Å². The molecule has 0 amide bonds. The largest absolute Gasteiger partial charge is 0.507 e. The average molecular weight is 449 g/mol.